The summed E-state index contributed by atoms with van der Waals surface area (Å²) in [6.07, 6.45) is 1.34. The molecular weight excluding hydrogens is 385 g/mol. The zero-order valence-electron chi connectivity index (χ0n) is 14.5. The van der Waals surface area contributed by atoms with Gasteiger partial charge >= 0.3 is 0 Å². The summed E-state index contributed by atoms with van der Waals surface area (Å²) in [4.78, 5) is 23.6. The molecule has 0 atom stereocenters. The van der Waals surface area contributed by atoms with Crippen LogP contribution in [0.2, 0.25) is 5.02 Å². The molecule has 6 nitrogen and oxygen atoms in total. The Morgan fingerprint density at radius 3 is 2.64 bits per heavy atom. The maximum Gasteiger partial charge on any atom is 0.259 e. The summed E-state index contributed by atoms with van der Waals surface area (Å²) in [6.45, 7) is -0.305. The second-order valence-electron chi connectivity index (χ2n) is 5.70. The fourth-order valence-corrected chi connectivity index (χ4v) is 2.42. The topological polar surface area (TPSA) is 83.7 Å². The van der Waals surface area contributed by atoms with E-state index >= 15 is 0 Å². The van der Waals surface area contributed by atoms with Crippen molar-refractivity contribution in [1.82, 2.24) is 10.7 Å². The normalized spacial score (nSPS) is 10.8. The number of nitrogens with one attached hydrogen (secondary N) is 2. The Morgan fingerprint density at radius 1 is 1.11 bits per heavy atom. The molecule has 0 aliphatic carbocycles. The molecule has 3 aromatic rings. The summed E-state index contributed by atoms with van der Waals surface area (Å²) in [7, 11) is 0. The van der Waals surface area contributed by atoms with Crippen LogP contribution in [0.25, 0.3) is 11.3 Å². The molecule has 0 saturated carbocycles. The van der Waals surface area contributed by atoms with Crippen LogP contribution in [0.3, 0.4) is 0 Å². The molecule has 0 unspecified atom stereocenters. The molecule has 28 heavy (non-hydrogen) atoms. The molecular formula is C20H15ClFN3O3. The van der Waals surface area contributed by atoms with Crippen molar-refractivity contribution in [2.75, 3.05) is 6.54 Å². The van der Waals surface area contributed by atoms with Crippen molar-refractivity contribution in [2.45, 2.75) is 0 Å². The summed E-state index contributed by atoms with van der Waals surface area (Å²) < 4.78 is 18.7. The quantitative estimate of drug-likeness (QED) is 0.490. The number of benzene rings is 2. The Kier molecular flexibility index (Phi) is 6.18. The van der Waals surface area contributed by atoms with E-state index in [1.807, 2.05) is 12.1 Å². The Bertz CT molecular complexity index is 1020. The van der Waals surface area contributed by atoms with Crippen LogP contribution in [0.15, 0.2) is 70.2 Å². The van der Waals surface area contributed by atoms with Gasteiger partial charge in [0.1, 0.15) is 17.3 Å². The summed E-state index contributed by atoms with van der Waals surface area (Å²) in [5, 5.41) is 6.78. The van der Waals surface area contributed by atoms with Gasteiger partial charge in [-0.15, -0.1) is 0 Å². The number of halogens is 2. The minimum atomic E-state index is -0.558. The van der Waals surface area contributed by atoms with Gasteiger partial charge in [-0.1, -0.05) is 17.7 Å². The third-order valence-corrected chi connectivity index (χ3v) is 3.88. The molecule has 3 rings (SSSR count). The minimum absolute atomic E-state index is 0.126. The van der Waals surface area contributed by atoms with Gasteiger partial charge in [0.25, 0.3) is 11.8 Å². The standard InChI is InChI=1S/C20H15ClFN3O3/c21-15-6-4-13(5-7-15)18-9-8-17(28-18)11-24-25-19(26)12-23-20(27)14-2-1-3-16(22)10-14/h1-11H,12H2,(H,23,27)(H,25,26). The zero-order valence-corrected chi connectivity index (χ0v) is 15.2. The fourth-order valence-electron chi connectivity index (χ4n) is 2.29. The van der Waals surface area contributed by atoms with Gasteiger partial charge in [0.05, 0.1) is 12.8 Å². The maximum atomic E-state index is 13.1. The number of carbonyl (C=O) groups excluding carboxylic acids is 2. The van der Waals surface area contributed by atoms with Crippen molar-refractivity contribution in [3.63, 3.8) is 0 Å². The Hall–Kier alpha value is -3.45. The van der Waals surface area contributed by atoms with Gasteiger partial charge in [0, 0.05) is 16.1 Å². The highest BCUT2D eigenvalue weighted by molar-refractivity contribution is 6.30. The molecule has 0 spiro atoms. The van der Waals surface area contributed by atoms with Crippen LogP contribution in [0, 0.1) is 5.82 Å². The molecule has 1 aromatic heterocycles. The summed E-state index contributed by atoms with van der Waals surface area (Å²) in [6, 6.07) is 15.8. The minimum Gasteiger partial charge on any atom is -0.455 e. The number of rotatable bonds is 6. The zero-order chi connectivity index (χ0) is 19.9. The van der Waals surface area contributed by atoms with E-state index in [0.29, 0.717) is 16.5 Å². The van der Waals surface area contributed by atoms with Gasteiger partial charge in [-0.05, 0) is 54.6 Å². The fraction of sp³-hybridized carbons (Fsp3) is 0.0500. The molecule has 2 aromatic carbocycles. The molecule has 2 amide bonds. The summed E-state index contributed by atoms with van der Waals surface area (Å²) in [5.74, 6) is -0.554. The summed E-state index contributed by atoms with van der Waals surface area (Å²) in [5.41, 5.74) is 3.25. The van der Waals surface area contributed by atoms with E-state index in [1.165, 1.54) is 24.4 Å². The number of amides is 2. The van der Waals surface area contributed by atoms with Crippen molar-refractivity contribution in [1.29, 1.82) is 0 Å². The van der Waals surface area contributed by atoms with Crippen LogP contribution in [0.5, 0.6) is 0 Å². The largest absolute Gasteiger partial charge is 0.455 e. The van der Waals surface area contributed by atoms with Crippen LogP contribution in [-0.2, 0) is 4.79 Å². The van der Waals surface area contributed by atoms with E-state index in [9.17, 15) is 14.0 Å². The number of carbonyl (C=O) groups is 2. The lowest BCUT2D eigenvalue weighted by Crippen LogP contribution is -2.34. The van der Waals surface area contributed by atoms with Crippen LogP contribution in [-0.4, -0.2) is 24.6 Å². The number of furan rings is 1. The third kappa shape index (κ3) is 5.28. The van der Waals surface area contributed by atoms with E-state index in [0.717, 1.165) is 11.6 Å². The first kappa shape index (κ1) is 19.3. The second kappa shape index (κ2) is 8.96. The highest BCUT2D eigenvalue weighted by atomic mass is 35.5. The van der Waals surface area contributed by atoms with Crippen molar-refractivity contribution in [3.8, 4) is 11.3 Å². The SMILES string of the molecule is O=C(CNC(=O)c1cccc(F)c1)NN=Cc1ccc(-c2ccc(Cl)cc2)o1. The van der Waals surface area contributed by atoms with E-state index < -0.39 is 17.6 Å². The number of nitrogens with zero attached hydrogens (tertiary/aromatic N) is 1. The molecule has 0 aliphatic heterocycles. The third-order valence-electron chi connectivity index (χ3n) is 3.63. The van der Waals surface area contributed by atoms with E-state index in [-0.39, 0.29) is 12.1 Å². The molecule has 0 radical (unpaired) electrons. The van der Waals surface area contributed by atoms with E-state index in [1.54, 1.807) is 24.3 Å². The Balaban J connectivity index is 1.48. The van der Waals surface area contributed by atoms with Gasteiger partial charge < -0.3 is 9.73 Å². The molecule has 142 valence electrons. The van der Waals surface area contributed by atoms with Gasteiger partial charge in [-0.2, -0.15) is 5.10 Å². The lowest BCUT2D eigenvalue weighted by Gasteiger charge is -2.04. The first-order valence-electron chi connectivity index (χ1n) is 8.23. The maximum absolute atomic E-state index is 13.1. The van der Waals surface area contributed by atoms with Crippen LogP contribution in [0.1, 0.15) is 16.1 Å². The van der Waals surface area contributed by atoms with Crippen molar-refractivity contribution in [2.24, 2.45) is 5.10 Å². The molecule has 8 heteroatoms. The van der Waals surface area contributed by atoms with Crippen LogP contribution < -0.4 is 10.7 Å². The van der Waals surface area contributed by atoms with E-state index in [2.05, 4.69) is 15.8 Å². The van der Waals surface area contributed by atoms with Crippen LogP contribution >= 0.6 is 11.6 Å². The monoisotopic (exact) mass is 399 g/mol. The number of hydrogen-bond donors (Lipinski definition) is 2. The van der Waals surface area contributed by atoms with Crippen molar-refractivity contribution < 1.29 is 18.4 Å². The van der Waals surface area contributed by atoms with Gasteiger partial charge in [-0.25, -0.2) is 9.82 Å². The highest BCUT2D eigenvalue weighted by Gasteiger charge is 2.08. The van der Waals surface area contributed by atoms with Gasteiger partial charge in [0.15, 0.2) is 0 Å². The predicted octanol–water partition coefficient (Wildman–Crippen LogP) is 3.62. The van der Waals surface area contributed by atoms with Crippen LogP contribution in [0.4, 0.5) is 4.39 Å². The first-order valence-corrected chi connectivity index (χ1v) is 8.60. The number of hydrogen-bond acceptors (Lipinski definition) is 4. The highest BCUT2D eigenvalue weighted by Crippen LogP contribution is 2.23. The van der Waals surface area contributed by atoms with E-state index in [4.69, 9.17) is 16.0 Å². The molecule has 0 fully saturated rings. The lowest BCUT2D eigenvalue weighted by atomic mass is 10.2. The van der Waals surface area contributed by atoms with Crippen molar-refractivity contribution >= 4 is 29.6 Å². The lowest BCUT2D eigenvalue weighted by molar-refractivity contribution is -0.120. The molecule has 1 heterocycles. The average molecular weight is 400 g/mol. The van der Waals surface area contributed by atoms with Gasteiger partial charge in [-0.3, -0.25) is 9.59 Å². The molecule has 2 N–H and O–H groups in total. The molecule has 0 aliphatic rings. The smallest absolute Gasteiger partial charge is 0.259 e. The Morgan fingerprint density at radius 2 is 1.89 bits per heavy atom. The number of hydrazone groups is 1. The second-order valence-corrected chi connectivity index (χ2v) is 6.13. The van der Waals surface area contributed by atoms with Crippen molar-refractivity contribution in [3.05, 3.63) is 82.8 Å². The Labute approximate surface area is 165 Å². The summed E-state index contributed by atoms with van der Waals surface area (Å²) >= 11 is 5.85. The molecule has 0 saturated heterocycles. The molecule has 0 bridgehead atoms. The first-order chi connectivity index (χ1) is 13.5. The average Bonchev–Trinajstić information content (AvgIpc) is 3.15. The van der Waals surface area contributed by atoms with Gasteiger partial charge in [0.2, 0.25) is 0 Å². The predicted molar refractivity (Wildman–Crippen MR) is 104 cm³/mol.